The van der Waals surface area contributed by atoms with E-state index >= 15 is 0 Å². The van der Waals surface area contributed by atoms with Crippen LogP contribution in [0.15, 0.2) is 0 Å². The molecule has 0 aliphatic carbocycles. The summed E-state index contributed by atoms with van der Waals surface area (Å²) in [6.07, 6.45) is 14.2. The molecule has 0 N–H and O–H groups in total. The minimum absolute atomic E-state index is 0.583. The first-order chi connectivity index (χ1) is 10.7. The van der Waals surface area contributed by atoms with Crippen molar-refractivity contribution in [1.29, 1.82) is 0 Å². The van der Waals surface area contributed by atoms with Gasteiger partial charge in [0, 0.05) is 0 Å². The van der Waals surface area contributed by atoms with Gasteiger partial charge in [0.15, 0.2) is 0 Å². The van der Waals surface area contributed by atoms with Crippen LogP contribution in [0.2, 0.25) is 0 Å². The largest absolute Gasteiger partial charge is 0.330 e. The summed E-state index contributed by atoms with van der Waals surface area (Å²) in [5, 5.41) is 0. The molecule has 0 aromatic rings. The van der Waals surface area contributed by atoms with Crippen molar-refractivity contribution in [3.63, 3.8) is 0 Å². The molecule has 0 aromatic heterocycles. The normalized spacial score (nSPS) is 12.0. The Balaban J connectivity index is 4.02. The SMILES string of the molecule is CCCCCCOP(=O)(CCCCCC)OCCCCCC. The fraction of sp³-hybridized carbons (Fsp3) is 1.00. The summed E-state index contributed by atoms with van der Waals surface area (Å²) in [4.78, 5) is 0. The molecule has 0 saturated heterocycles. The van der Waals surface area contributed by atoms with Crippen molar-refractivity contribution < 1.29 is 13.6 Å². The third kappa shape index (κ3) is 13.8. The van der Waals surface area contributed by atoms with E-state index in [4.69, 9.17) is 9.05 Å². The molecule has 134 valence electrons. The molecule has 0 aromatic carbocycles. The Bertz CT molecular complexity index is 251. The van der Waals surface area contributed by atoms with Crippen molar-refractivity contribution in [2.75, 3.05) is 19.4 Å². The summed E-state index contributed by atoms with van der Waals surface area (Å²) >= 11 is 0. The zero-order valence-electron chi connectivity index (χ0n) is 15.3. The molecular formula is C18H39O3P. The molecule has 0 fully saturated rings. The van der Waals surface area contributed by atoms with E-state index < -0.39 is 7.60 Å². The third-order valence-corrected chi connectivity index (χ3v) is 5.87. The van der Waals surface area contributed by atoms with E-state index in [0.29, 0.717) is 19.4 Å². The van der Waals surface area contributed by atoms with Crippen LogP contribution in [0.3, 0.4) is 0 Å². The summed E-state index contributed by atoms with van der Waals surface area (Å²) in [6.45, 7) is 7.74. The second-order valence-electron chi connectivity index (χ2n) is 6.18. The molecule has 0 atom stereocenters. The Morgan fingerprint density at radius 3 is 1.41 bits per heavy atom. The van der Waals surface area contributed by atoms with Gasteiger partial charge >= 0.3 is 7.60 Å². The van der Waals surface area contributed by atoms with Gasteiger partial charge in [-0.3, -0.25) is 4.57 Å². The zero-order valence-corrected chi connectivity index (χ0v) is 16.2. The average Bonchev–Trinajstić information content (AvgIpc) is 2.51. The van der Waals surface area contributed by atoms with E-state index in [9.17, 15) is 4.57 Å². The van der Waals surface area contributed by atoms with Crippen LogP contribution in [0, 0.1) is 0 Å². The Labute approximate surface area is 139 Å². The van der Waals surface area contributed by atoms with Gasteiger partial charge in [0.25, 0.3) is 0 Å². The van der Waals surface area contributed by atoms with Gasteiger partial charge in [-0.05, 0) is 19.3 Å². The van der Waals surface area contributed by atoms with Crippen LogP contribution in [0.4, 0.5) is 0 Å². The van der Waals surface area contributed by atoms with E-state index in [1.54, 1.807) is 0 Å². The van der Waals surface area contributed by atoms with Gasteiger partial charge in [0.2, 0.25) is 0 Å². The van der Waals surface area contributed by atoms with Crippen LogP contribution in [0.1, 0.15) is 97.8 Å². The molecule has 0 spiro atoms. The molecule has 0 bridgehead atoms. The van der Waals surface area contributed by atoms with Crippen molar-refractivity contribution in [2.45, 2.75) is 97.8 Å². The highest BCUT2D eigenvalue weighted by Gasteiger charge is 2.23. The van der Waals surface area contributed by atoms with Crippen molar-refractivity contribution in [1.82, 2.24) is 0 Å². The highest BCUT2D eigenvalue weighted by molar-refractivity contribution is 7.53. The standard InChI is InChI=1S/C18H39O3P/c1-4-7-10-13-16-20-22(19,18-15-12-9-6-3)21-17-14-11-8-5-2/h4-18H2,1-3H3. The molecule has 0 saturated carbocycles. The van der Waals surface area contributed by atoms with Crippen LogP contribution in [0.5, 0.6) is 0 Å². The summed E-state index contributed by atoms with van der Waals surface area (Å²) in [5.74, 6) is 0. The Hall–Kier alpha value is 0.150. The molecule has 0 aliphatic heterocycles. The van der Waals surface area contributed by atoms with Crippen LogP contribution < -0.4 is 0 Å². The fourth-order valence-corrected chi connectivity index (χ4v) is 4.12. The van der Waals surface area contributed by atoms with Crippen molar-refractivity contribution in [2.24, 2.45) is 0 Å². The maximum absolute atomic E-state index is 12.8. The maximum atomic E-state index is 12.8. The second-order valence-corrected chi connectivity index (χ2v) is 8.37. The van der Waals surface area contributed by atoms with E-state index in [2.05, 4.69) is 20.8 Å². The maximum Gasteiger partial charge on any atom is 0.330 e. The van der Waals surface area contributed by atoms with Crippen LogP contribution >= 0.6 is 7.60 Å². The fourth-order valence-electron chi connectivity index (χ4n) is 2.36. The molecule has 3 nitrogen and oxygen atoms in total. The minimum Gasteiger partial charge on any atom is -0.309 e. The molecule has 0 aliphatic rings. The quantitative estimate of drug-likeness (QED) is 0.213. The Morgan fingerprint density at radius 2 is 1.00 bits per heavy atom. The Morgan fingerprint density at radius 1 is 0.591 bits per heavy atom. The monoisotopic (exact) mass is 334 g/mol. The predicted molar refractivity (Wildman–Crippen MR) is 96.8 cm³/mol. The highest BCUT2D eigenvalue weighted by Crippen LogP contribution is 2.49. The average molecular weight is 334 g/mol. The number of hydrogen-bond acceptors (Lipinski definition) is 3. The smallest absolute Gasteiger partial charge is 0.309 e. The number of hydrogen-bond donors (Lipinski definition) is 0. The van der Waals surface area contributed by atoms with Crippen molar-refractivity contribution in [3.8, 4) is 0 Å². The lowest BCUT2D eigenvalue weighted by Gasteiger charge is -2.18. The molecule has 0 rings (SSSR count). The zero-order chi connectivity index (χ0) is 16.5. The summed E-state index contributed by atoms with van der Waals surface area (Å²) in [7, 11) is -2.86. The first kappa shape index (κ1) is 22.1. The molecule has 0 heterocycles. The molecule has 4 heteroatoms. The van der Waals surface area contributed by atoms with Gasteiger partial charge in [-0.2, -0.15) is 0 Å². The van der Waals surface area contributed by atoms with Gasteiger partial charge in [-0.25, -0.2) is 0 Å². The lowest BCUT2D eigenvalue weighted by Crippen LogP contribution is -2.03. The van der Waals surface area contributed by atoms with Gasteiger partial charge in [-0.1, -0.05) is 78.6 Å². The molecule has 0 radical (unpaired) electrons. The van der Waals surface area contributed by atoms with Crippen LogP contribution in [-0.2, 0) is 13.6 Å². The van der Waals surface area contributed by atoms with E-state index in [1.807, 2.05) is 0 Å². The van der Waals surface area contributed by atoms with Gasteiger partial charge < -0.3 is 9.05 Å². The van der Waals surface area contributed by atoms with Crippen LogP contribution in [0.25, 0.3) is 0 Å². The number of unbranched alkanes of at least 4 members (excludes halogenated alkanes) is 9. The minimum atomic E-state index is -2.86. The predicted octanol–water partition coefficient (Wildman–Crippen LogP) is 6.95. The first-order valence-corrected chi connectivity index (χ1v) is 11.3. The van der Waals surface area contributed by atoms with Gasteiger partial charge in [0.05, 0.1) is 19.4 Å². The van der Waals surface area contributed by atoms with Gasteiger partial charge in [0.1, 0.15) is 0 Å². The lowest BCUT2D eigenvalue weighted by atomic mass is 10.2. The van der Waals surface area contributed by atoms with Crippen molar-refractivity contribution in [3.05, 3.63) is 0 Å². The molecule has 0 amide bonds. The summed E-state index contributed by atoms with van der Waals surface area (Å²) in [5.41, 5.74) is 0. The molecular weight excluding hydrogens is 295 g/mol. The number of rotatable bonds is 17. The van der Waals surface area contributed by atoms with E-state index in [1.165, 1.54) is 38.5 Å². The first-order valence-electron chi connectivity index (χ1n) is 9.56. The topological polar surface area (TPSA) is 35.5 Å². The van der Waals surface area contributed by atoms with E-state index in [0.717, 1.165) is 38.5 Å². The van der Waals surface area contributed by atoms with Crippen molar-refractivity contribution >= 4 is 7.60 Å². The van der Waals surface area contributed by atoms with Crippen LogP contribution in [-0.4, -0.2) is 19.4 Å². The highest BCUT2D eigenvalue weighted by atomic mass is 31.2. The third-order valence-electron chi connectivity index (χ3n) is 3.86. The summed E-state index contributed by atoms with van der Waals surface area (Å²) < 4.78 is 24.2. The lowest BCUT2D eigenvalue weighted by molar-refractivity contribution is 0.197. The molecule has 0 unspecified atom stereocenters. The molecule has 22 heavy (non-hydrogen) atoms. The van der Waals surface area contributed by atoms with E-state index in [-0.39, 0.29) is 0 Å². The summed E-state index contributed by atoms with van der Waals surface area (Å²) in [6, 6.07) is 0. The Kier molecular flexibility index (Phi) is 16.1. The van der Waals surface area contributed by atoms with Gasteiger partial charge in [-0.15, -0.1) is 0 Å². The second kappa shape index (κ2) is 16.0.